The normalized spacial score (nSPS) is 52.1. The molecule has 1 saturated heterocycles. The first kappa shape index (κ1) is 9.16. The summed E-state index contributed by atoms with van der Waals surface area (Å²) in [5.74, 6) is 1.10. The Balaban J connectivity index is 2.13. The molecule has 3 aliphatic rings. The van der Waals surface area contributed by atoms with E-state index in [-0.39, 0.29) is 16.9 Å². The fourth-order valence-corrected chi connectivity index (χ4v) is 6.42. The van der Waals surface area contributed by atoms with Gasteiger partial charge in [0, 0.05) is 11.5 Å². The van der Waals surface area contributed by atoms with Gasteiger partial charge < -0.3 is 0 Å². The average Bonchev–Trinajstić information content (AvgIpc) is 2.50. The first-order chi connectivity index (χ1) is 6.37. The van der Waals surface area contributed by atoms with Crippen molar-refractivity contribution in [3.8, 4) is 0 Å². The van der Waals surface area contributed by atoms with Crippen molar-refractivity contribution in [3.05, 3.63) is 0 Å². The molecule has 2 bridgehead atoms. The third-order valence-corrected chi connectivity index (χ3v) is 6.74. The van der Waals surface area contributed by atoms with E-state index < -0.39 is 10.0 Å². The topological polar surface area (TPSA) is 46.2 Å². The van der Waals surface area contributed by atoms with Crippen molar-refractivity contribution in [1.82, 2.24) is 4.72 Å². The van der Waals surface area contributed by atoms with Crippen LogP contribution in [0.5, 0.6) is 0 Å². The van der Waals surface area contributed by atoms with Gasteiger partial charge in [0.05, 0.1) is 5.75 Å². The molecular weight excluding hydrogens is 198 g/mol. The number of nitrogens with one attached hydrogen (secondary N) is 1. The molecule has 0 unspecified atom stereocenters. The molecule has 80 valence electrons. The van der Waals surface area contributed by atoms with Crippen molar-refractivity contribution in [1.29, 1.82) is 0 Å². The van der Waals surface area contributed by atoms with Crippen LogP contribution in [0.4, 0.5) is 0 Å². The lowest BCUT2D eigenvalue weighted by Crippen LogP contribution is -2.39. The lowest BCUT2D eigenvalue weighted by Gasteiger charge is -2.36. The van der Waals surface area contributed by atoms with Crippen LogP contribution in [0.3, 0.4) is 0 Å². The standard InChI is InChI=1S/C10H17NO2S/c1-9(2)7-3-4-10(9)6-14(12,13)11-8(10)5-7/h7-8,11H,3-6H2,1-2H3/t7-,8-,10-/m0/s1. The maximum atomic E-state index is 11.6. The Labute approximate surface area is 85.3 Å². The Hall–Kier alpha value is -0.0900. The first-order valence-electron chi connectivity index (χ1n) is 5.37. The summed E-state index contributed by atoms with van der Waals surface area (Å²) in [6, 6.07) is 0.237. The minimum absolute atomic E-state index is 0.0521. The molecule has 3 rings (SSSR count). The zero-order valence-electron chi connectivity index (χ0n) is 8.71. The van der Waals surface area contributed by atoms with E-state index in [1.54, 1.807) is 0 Å². The highest BCUT2D eigenvalue weighted by molar-refractivity contribution is 7.89. The van der Waals surface area contributed by atoms with E-state index >= 15 is 0 Å². The molecule has 1 aliphatic heterocycles. The van der Waals surface area contributed by atoms with Crippen molar-refractivity contribution in [2.24, 2.45) is 16.7 Å². The van der Waals surface area contributed by atoms with Gasteiger partial charge >= 0.3 is 0 Å². The van der Waals surface area contributed by atoms with Crippen LogP contribution in [-0.4, -0.2) is 20.2 Å². The molecule has 1 heterocycles. The van der Waals surface area contributed by atoms with E-state index in [0.717, 1.165) is 18.8 Å². The minimum Gasteiger partial charge on any atom is -0.212 e. The fraction of sp³-hybridized carbons (Fsp3) is 1.00. The molecule has 3 fully saturated rings. The van der Waals surface area contributed by atoms with E-state index in [1.807, 2.05) is 0 Å². The second-order valence-corrected chi connectivity index (χ2v) is 7.53. The van der Waals surface area contributed by atoms with Gasteiger partial charge in [0.1, 0.15) is 0 Å². The van der Waals surface area contributed by atoms with Gasteiger partial charge in [-0.15, -0.1) is 0 Å². The summed E-state index contributed by atoms with van der Waals surface area (Å²) in [5, 5.41) is 0. The van der Waals surface area contributed by atoms with Gasteiger partial charge in [-0.2, -0.15) is 0 Å². The second kappa shape index (κ2) is 2.19. The fourth-order valence-electron chi connectivity index (χ4n) is 4.18. The van der Waals surface area contributed by atoms with Gasteiger partial charge in [0.15, 0.2) is 0 Å². The smallest absolute Gasteiger partial charge is 0.212 e. The molecule has 3 nitrogen and oxygen atoms in total. The summed E-state index contributed by atoms with van der Waals surface area (Å²) in [5.41, 5.74) is 0.269. The van der Waals surface area contributed by atoms with Gasteiger partial charge in [-0.25, -0.2) is 13.1 Å². The maximum absolute atomic E-state index is 11.6. The molecule has 0 amide bonds. The Morgan fingerprint density at radius 2 is 2.07 bits per heavy atom. The predicted octanol–water partition coefficient (Wildman–Crippen LogP) is 1.11. The summed E-state index contributed by atoms with van der Waals surface area (Å²) in [7, 11) is -2.97. The molecule has 14 heavy (non-hydrogen) atoms. The Bertz CT molecular complexity index is 387. The summed E-state index contributed by atoms with van der Waals surface area (Å²) >= 11 is 0. The SMILES string of the molecule is CC1(C)[C@H]2CC[C@@]13CS(=O)(=O)N[C@H]3C2. The molecule has 1 spiro atoms. The maximum Gasteiger partial charge on any atom is 0.212 e. The van der Waals surface area contributed by atoms with Crippen LogP contribution in [0, 0.1) is 16.7 Å². The third-order valence-electron chi connectivity index (χ3n) is 5.20. The third kappa shape index (κ3) is 0.807. The van der Waals surface area contributed by atoms with Gasteiger partial charge in [-0.05, 0) is 30.6 Å². The predicted molar refractivity (Wildman–Crippen MR) is 54.3 cm³/mol. The molecule has 4 heteroatoms. The van der Waals surface area contributed by atoms with E-state index in [1.165, 1.54) is 6.42 Å². The number of hydrogen-bond acceptors (Lipinski definition) is 2. The summed E-state index contributed by atoms with van der Waals surface area (Å²) in [6.07, 6.45) is 3.38. The van der Waals surface area contributed by atoms with E-state index in [4.69, 9.17) is 0 Å². The van der Waals surface area contributed by atoms with Crippen LogP contribution >= 0.6 is 0 Å². The molecule has 2 aliphatic carbocycles. The average molecular weight is 215 g/mol. The Morgan fingerprint density at radius 3 is 2.64 bits per heavy atom. The summed E-state index contributed by atoms with van der Waals surface area (Å²) in [6.45, 7) is 4.51. The Kier molecular flexibility index (Phi) is 1.43. The minimum atomic E-state index is -2.97. The van der Waals surface area contributed by atoms with Gasteiger partial charge in [0.25, 0.3) is 0 Å². The van der Waals surface area contributed by atoms with Crippen molar-refractivity contribution in [2.75, 3.05) is 5.75 Å². The van der Waals surface area contributed by atoms with E-state index in [9.17, 15) is 8.42 Å². The molecule has 0 aromatic rings. The van der Waals surface area contributed by atoms with Gasteiger partial charge in [-0.3, -0.25) is 0 Å². The summed E-state index contributed by atoms with van der Waals surface area (Å²) in [4.78, 5) is 0. The van der Waals surface area contributed by atoms with E-state index in [0.29, 0.717) is 5.75 Å². The van der Waals surface area contributed by atoms with Crippen LogP contribution in [0.25, 0.3) is 0 Å². The largest absolute Gasteiger partial charge is 0.212 e. The molecule has 0 aromatic carbocycles. The van der Waals surface area contributed by atoms with Crippen molar-refractivity contribution in [2.45, 2.75) is 39.2 Å². The van der Waals surface area contributed by atoms with Crippen LogP contribution in [-0.2, 0) is 10.0 Å². The number of rotatable bonds is 0. The number of fused-ring (bicyclic) bond motifs is 1. The van der Waals surface area contributed by atoms with Crippen LogP contribution in [0.1, 0.15) is 33.1 Å². The zero-order valence-corrected chi connectivity index (χ0v) is 9.52. The van der Waals surface area contributed by atoms with Crippen LogP contribution in [0.15, 0.2) is 0 Å². The van der Waals surface area contributed by atoms with Gasteiger partial charge in [-0.1, -0.05) is 13.8 Å². The monoisotopic (exact) mass is 215 g/mol. The lowest BCUT2D eigenvalue weighted by atomic mass is 9.69. The number of hydrogen-bond donors (Lipinski definition) is 1. The van der Waals surface area contributed by atoms with Crippen molar-refractivity contribution >= 4 is 10.0 Å². The van der Waals surface area contributed by atoms with Crippen molar-refractivity contribution in [3.63, 3.8) is 0 Å². The molecule has 0 radical (unpaired) electrons. The number of sulfonamides is 1. The van der Waals surface area contributed by atoms with Crippen LogP contribution < -0.4 is 4.72 Å². The first-order valence-corrected chi connectivity index (χ1v) is 7.03. The molecular formula is C10H17NO2S. The highest BCUT2D eigenvalue weighted by Crippen LogP contribution is 2.67. The molecule has 2 saturated carbocycles. The molecule has 0 aromatic heterocycles. The van der Waals surface area contributed by atoms with Gasteiger partial charge in [0.2, 0.25) is 10.0 Å². The highest BCUT2D eigenvalue weighted by Gasteiger charge is 2.68. The lowest BCUT2D eigenvalue weighted by molar-refractivity contribution is 0.146. The summed E-state index contributed by atoms with van der Waals surface area (Å²) < 4.78 is 26.0. The molecule has 3 atom stereocenters. The zero-order chi connectivity index (χ0) is 10.2. The Morgan fingerprint density at radius 1 is 1.36 bits per heavy atom. The van der Waals surface area contributed by atoms with E-state index in [2.05, 4.69) is 18.6 Å². The van der Waals surface area contributed by atoms with Crippen LogP contribution in [0.2, 0.25) is 0 Å². The van der Waals surface area contributed by atoms with Crippen molar-refractivity contribution < 1.29 is 8.42 Å². The second-order valence-electron chi connectivity index (χ2n) is 5.78. The molecule has 1 N–H and O–H groups in total. The highest BCUT2D eigenvalue weighted by atomic mass is 32.2. The quantitative estimate of drug-likeness (QED) is 0.658.